The van der Waals surface area contributed by atoms with Crippen molar-refractivity contribution < 1.29 is 13.2 Å². The summed E-state index contributed by atoms with van der Waals surface area (Å²) in [6, 6.07) is 14.1. The molecular formula is C15H16BrNO3S. The first kappa shape index (κ1) is 16.0. The lowest BCUT2D eigenvalue weighted by Crippen LogP contribution is -2.28. The van der Waals surface area contributed by atoms with Crippen molar-refractivity contribution in [2.24, 2.45) is 0 Å². The molecule has 0 spiro atoms. The Balaban J connectivity index is 1.88. The molecule has 0 radical (unpaired) electrons. The summed E-state index contributed by atoms with van der Waals surface area (Å²) in [6.45, 7) is 2.38. The summed E-state index contributed by atoms with van der Waals surface area (Å²) in [6.07, 6.45) is 0. The third kappa shape index (κ3) is 4.56. The summed E-state index contributed by atoms with van der Waals surface area (Å²) in [5, 5.41) is 0. The number of nitrogens with one attached hydrogen (secondary N) is 1. The Labute approximate surface area is 133 Å². The van der Waals surface area contributed by atoms with Crippen LogP contribution in [0.4, 0.5) is 0 Å². The molecular weight excluding hydrogens is 354 g/mol. The van der Waals surface area contributed by atoms with E-state index in [1.54, 1.807) is 24.3 Å². The van der Waals surface area contributed by atoms with Gasteiger partial charge in [0.1, 0.15) is 12.4 Å². The van der Waals surface area contributed by atoms with Crippen LogP contribution >= 0.6 is 15.9 Å². The minimum atomic E-state index is -3.48. The summed E-state index contributed by atoms with van der Waals surface area (Å²) in [7, 11) is -3.48. The highest BCUT2D eigenvalue weighted by molar-refractivity contribution is 9.10. The number of hydrogen-bond acceptors (Lipinski definition) is 3. The molecule has 0 saturated carbocycles. The third-order valence-corrected chi connectivity index (χ3v) is 4.95. The van der Waals surface area contributed by atoms with E-state index in [0.717, 1.165) is 10.0 Å². The summed E-state index contributed by atoms with van der Waals surface area (Å²) in [5.74, 6) is 0.687. The van der Waals surface area contributed by atoms with Gasteiger partial charge in [-0.25, -0.2) is 13.1 Å². The Bertz CT molecular complexity index is 699. The number of benzene rings is 2. The van der Waals surface area contributed by atoms with Gasteiger partial charge >= 0.3 is 0 Å². The van der Waals surface area contributed by atoms with Gasteiger partial charge in [-0.15, -0.1) is 0 Å². The van der Waals surface area contributed by atoms with Crippen LogP contribution in [-0.4, -0.2) is 21.6 Å². The van der Waals surface area contributed by atoms with E-state index in [4.69, 9.17) is 4.74 Å². The van der Waals surface area contributed by atoms with E-state index in [-0.39, 0.29) is 18.0 Å². The van der Waals surface area contributed by atoms with Crippen LogP contribution < -0.4 is 9.46 Å². The second-order valence-electron chi connectivity index (χ2n) is 4.49. The van der Waals surface area contributed by atoms with Crippen molar-refractivity contribution in [2.75, 3.05) is 13.2 Å². The van der Waals surface area contributed by atoms with Crippen molar-refractivity contribution in [1.82, 2.24) is 4.72 Å². The molecule has 0 unspecified atom stereocenters. The largest absolute Gasteiger partial charge is 0.491 e. The molecule has 0 fully saturated rings. The highest BCUT2D eigenvalue weighted by Crippen LogP contribution is 2.23. The van der Waals surface area contributed by atoms with Gasteiger partial charge in [-0.1, -0.05) is 29.8 Å². The second-order valence-corrected chi connectivity index (χ2v) is 7.11. The minimum Gasteiger partial charge on any atom is -0.491 e. The zero-order chi connectivity index (χ0) is 15.3. The predicted octanol–water partition coefficient (Wildman–Crippen LogP) is 3.11. The Morgan fingerprint density at radius 1 is 1.10 bits per heavy atom. The predicted molar refractivity (Wildman–Crippen MR) is 86.0 cm³/mol. The molecule has 21 heavy (non-hydrogen) atoms. The molecule has 2 aromatic rings. The van der Waals surface area contributed by atoms with Crippen LogP contribution in [0.25, 0.3) is 0 Å². The maximum absolute atomic E-state index is 12.0. The molecule has 0 heterocycles. The zero-order valence-corrected chi connectivity index (χ0v) is 13.9. The SMILES string of the molecule is Cc1ccc(S(=O)(=O)NCCOc2ccccc2Br)cc1. The van der Waals surface area contributed by atoms with Crippen LogP contribution in [0.3, 0.4) is 0 Å². The summed E-state index contributed by atoms with van der Waals surface area (Å²) in [4.78, 5) is 0.258. The van der Waals surface area contributed by atoms with Gasteiger partial charge < -0.3 is 4.74 Å². The molecule has 1 N–H and O–H groups in total. The van der Waals surface area contributed by atoms with E-state index < -0.39 is 10.0 Å². The summed E-state index contributed by atoms with van der Waals surface area (Å²) < 4.78 is 33.0. The van der Waals surface area contributed by atoms with Gasteiger partial charge in [0.05, 0.1) is 9.37 Å². The number of aryl methyl sites for hydroxylation is 1. The average Bonchev–Trinajstić information content (AvgIpc) is 2.46. The highest BCUT2D eigenvalue weighted by atomic mass is 79.9. The van der Waals surface area contributed by atoms with Gasteiger partial charge in [0.2, 0.25) is 10.0 Å². The molecule has 4 nitrogen and oxygen atoms in total. The first-order valence-corrected chi connectivity index (χ1v) is 8.70. The second kappa shape index (κ2) is 7.06. The Hall–Kier alpha value is -1.37. The topological polar surface area (TPSA) is 55.4 Å². The van der Waals surface area contributed by atoms with E-state index in [9.17, 15) is 8.42 Å². The molecule has 0 aliphatic heterocycles. The fraction of sp³-hybridized carbons (Fsp3) is 0.200. The van der Waals surface area contributed by atoms with Gasteiger partial charge in [0, 0.05) is 6.54 Å². The van der Waals surface area contributed by atoms with E-state index in [0.29, 0.717) is 5.75 Å². The van der Waals surface area contributed by atoms with Crippen LogP contribution in [0.1, 0.15) is 5.56 Å². The van der Waals surface area contributed by atoms with Crippen molar-refractivity contribution in [3.8, 4) is 5.75 Å². The standard InChI is InChI=1S/C15H16BrNO3S/c1-12-6-8-13(9-7-12)21(18,19)17-10-11-20-15-5-3-2-4-14(15)16/h2-9,17H,10-11H2,1H3. The van der Waals surface area contributed by atoms with Gasteiger partial charge in [-0.2, -0.15) is 0 Å². The fourth-order valence-electron chi connectivity index (χ4n) is 1.70. The summed E-state index contributed by atoms with van der Waals surface area (Å²) in [5.41, 5.74) is 1.02. The van der Waals surface area contributed by atoms with Gasteiger partial charge in [0.15, 0.2) is 0 Å². The molecule has 2 rings (SSSR count). The molecule has 0 aliphatic rings. The van der Waals surface area contributed by atoms with Crippen molar-refractivity contribution in [3.63, 3.8) is 0 Å². The molecule has 0 amide bonds. The van der Waals surface area contributed by atoms with Crippen LogP contribution in [0.15, 0.2) is 57.9 Å². The molecule has 2 aromatic carbocycles. The Morgan fingerprint density at radius 2 is 1.76 bits per heavy atom. The number of sulfonamides is 1. The van der Waals surface area contributed by atoms with E-state index in [1.165, 1.54) is 0 Å². The lowest BCUT2D eigenvalue weighted by Gasteiger charge is -2.09. The molecule has 0 aromatic heterocycles. The number of para-hydroxylation sites is 1. The van der Waals surface area contributed by atoms with Crippen LogP contribution in [-0.2, 0) is 10.0 Å². The maximum atomic E-state index is 12.0. The van der Waals surface area contributed by atoms with Crippen LogP contribution in [0, 0.1) is 6.92 Å². The molecule has 0 atom stereocenters. The monoisotopic (exact) mass is 369 g/mol. The zero-order valence-electron chi connectivity index (χ0n) is 11.5. The minimum absolute atomic E-state index is 0.206. The fourth-order valence-corrected chi connectivity index (χ4v) is 3.11. The average molecular weight is 370 g/mol. The number of halogens is 1. The molecule has 0 bridgehead atoms. The molecule has 112 valence electrons. The Kier molecular flexibility index (Phi) is 5.39. The lowest BCUT2D eigenvalue weighted by molar-refractivity contribution is 0.321. The highest BCUT2D eigenvalue weighted by Gasteiger charge is 2.12. The maximum Gasteiger partial charge on any atom is 0.240 e. The number of ether oxygens (including phenoxy) is 1. The first-order valence-electron chi connectivity index (χ1n) is 6.43. The van der Waals surface area contributed by atoms with Crippen molar-refractivity contribution >= 4 is 26.0 Å². The normalized spacial score (nSPS) is 11.3. The van der Waals surface area contributed by atoms with Crippen LogP contribution in [0.5, 0.6) is 5.75 Å². The van der Waals surface area contributed by atoms with E-state index in [2.05, 4.69) is 20.7 Å². The number of rotatable bonds is 6. The van der Waals surface area contributed by atoms with E-state index >= 15 is 0 Å². The van der Waals surface area contributed by atoms with Gasteiger partial charge in [0.25, 0.3) is 0 Å². The van der Waals surface area contributed by atoms with Gasteiger partial charge in [-0.3, -0.25) is 0 Å². The molecule has 6 heteroatoms. The number of hydrogen-bond donors (Lipinski definition) is 1. The van der Waals surface area contributed by atoms with Crippen LogP contribution in [0.2, 0.25) is 0 Å². The first-order chi connectivity index (χ1) is 9.99. The van der Waals surface area contributed by atoms with Crippen molar-refractivity contribution in [3.05, 3.63) is 58.6 Å². The lowest BCUT2D eigenvalue weighted by atomic mass is 10.2. The van der Waals surface area contributed by atoms with E-state index in [1.807, 2.05) is 31.2 Å². The molecule has 0 saturated heterocycles. The Morgan fingerprint density at radius 3 is 2.43 bits per heavy atom. The smallest absolute Gasteiger partial charge is 0.240 e. The van der Waals surface area contributed by atoms with Crippen molar-refractivity contribution in [1.29, 1.82) is 0 Å². The molecule has 0 aliphatic carbocycles. The third-order valence-electron chi connectivity index (χ3n) is 2.82. The van der Waals surface area contributed by atoms with Crippen molar-refractivity contribution in [2.45, 2.75) is 11.8 Å². The quantitative estimate of drug-likeness (QED) is 0.795. The van der Waals surface area contributed by atoms with Gasteiger partial charge in [-0.05, 0) is 47.1 Å². The summed E-state index contributed by atoms with van der Waals surface area (Å²) >= 11 is 3.37.